The molecule has 0 radical (unpaired) electrons. The highest BCUT2D eigenvalue weighted by Gasteiger charge is 2.35. The summed E-state index contributed by atoms with van der Waals surface area (Å²) >= 11 is 5.52. The van der Waals surface area contributed by atoms with Gasteiger partial charge in [0.1, 0.15) is 5.75 Å². The maximum Gasteiger partial charge on any atom is 0.299 e. The van der Waals surface area contributed by atoms with Crippen molar-refractivity contribution in [2.45, 2.75) is 0 Å². The minimum Gasteiger partial charge on any atom is -0.497 e. The highest BCUT2D eigenvalue weighted by Crippen LogP contribution is 2.31. The summed E-state index contributed by atoms with van der Waals surface area (Å²) in [6, 6.07) is 5.02. The Hall–Kier alpha value is -1.81. The average Bonchev–Trinajstić information content (AvgIpc) is 2.63. The number of methoxy groups -OCH3 is 1. The largest absolute Gasteiger partial charge is 0.497 e. The Morgan fingerprint density at radius 3 is 2.78 bits per heavy atom. The smallest absolute Gasteiger partial charge is 0.299 e. The van der Waals surface area contributed by atoms with Crippen LogP contribution in [-0.4, -0.2) is 31.2 Å². The number of alkyl halides is 1. The van der Waals surface area contributed by atoms with Crippen molar-refractivity contribution in [3.05, 3.63) is 35.9 Å². The summed E-state index contributed by atoms with van der Waals surface area (Å²) in [5.41, 5.74) is 1.00. The van der Waals surface area contributed by atoms with E-state index >= 15 is 0 Å². The number of anilines is 1. The van der Waals surface area contributed by atoms with E-state index in [1.54, 1.807) is 30.4 Å². The van der Waals surface area contributed by atoms with Crippen LogP contribution in [0.5, 0.6) is 5.75 Å². The molecule has 1 aliphatic rings. The number of amides is 1. The van der Waals surface area contributed by atoms with Gasteiger partial charge in [-0.15, -0.1) is 11.6 Å². The number of rotatable bonds is 4. The van der Waals surface area contributed by atoms with Crippen LogP contribution in [0.15, 0.2) is 30.4 Å². The first-order valence-electron chi connectivity index (χ1n) is 5.44. The van der Waals surface area contributed by atoms with Gasteiger partial charge in [-0.25, -0.2) is 0 Å². The maximum atomic E-state index is 11.8. The molecule has 0 fully saturated rings. The lowest BCUT2D eigenvalue weighted by atomic mass is 10.1. The lowest BCUT2D eigenvalue weighted by Gasteiger charge is -2.14. The molecule has 1 amide bonds. The highest BCUT2D eigenvalue weighted by atomic mass is 35.5. The molecule has 1 heterocycles. The number of ketones is 1. The molecule has 2 rings (SSSR count). The van der Waals surface area contributed by atoms with Crippen molar-refractivity contribution in [2.75, 3.05) is 24.4 Å². The SMILES string of the molecule is COc1ccc2c(c1)C(=O)C(=O)N2CC=CCCl. The van der Waals surface area contributed by atoms with Crippen molar-refractivity contribution in [3.63, 3.8) is 0 Å². The topological polar surface area (TPSA) is 46.6 Å². The van der Waals surface area contributed by atoms with Crippen LogP contribution in [0, 0.1) is 0 Å². The summed E-state index contributed by atoms with van der Waals surface area (Å²) in [5, 5.41) is 0. The number of allylic oxidation sites excluding steroid dienone is 1. The number of fused-ring (bicyclic) bond motifs is 1. The number of hydrogen-bond acceptors (Lipinski definition) is 3. The molecule has 94 valence electrons. The second-order valence-corrected chi connectivity index (χ2v) is 4.06. The monoisotopic (exact) mass is 265 g/mol. The summed E-state index contributed by atoms with van der Waals surface area (Å²) in [5.74, 6) is -0.0699. The standard InChI is InChI=1S/C13H12ClNO3/c1-18-9-4-5-11-10(8-9)12(16)13(17)15(11)7-3-2-6-14/h2-5,8H,6-7H2,1H3. The molecule has 0 saturated carbocycles. The third kappa shape index (κ3) is 2.11. The van der Waals surface area contributed by atoms with Gasteiger partial charge in [0.2, 0.25) is 0 Å². The van der Waals surface area contributed by atoms with Crippen LogP contribution in [0.25, 0.3) is 0 Å². The first-order chi connectivity index (χ1) is 8.69. The Morgan fingerprint density at radius 1 is 1.33 bits per heavy atom. The van der Waals surface area contributed by atoms with E-state index in [9.17, 15) is 9.59 Å². The first kappa shape index (κ1) is 12.6. The van der Waals surface area contributed by atoms with Gasteiger partial charge in [0.15, 0.2) is 0 Å². The van der Waals surface area contributed by atoms with Gasteiger partial charge in [0.25, 0.3) is 11.7 Å². The van der Waals surface area contributed by atoms with Crippen LogP contribution in [0.3, 0.4) is 0 Å². The molecule has 0 aliphatic carbocycles. The minimum absolute atomic E-state index is 0.344. The summed E-state index contributed by atoms with van der Waals surface area (Å²) in [7, 11) is 1.52. The highest BCUT2D eigenvalue weighted by molar-refractivity contribution is 6.52. The zero-order valence-electron chi connectivity index (χ0n) is 9.85. The molecule has 0 aromatic heterocycles. The number of carbonyl (C=O) groups is 2. The zero-order valence-corrected chi connectivity index (χ0v) is 10.6. The first-order valence-corrected chi connectivity index (χ1v) is 5.97. The molecular formula is C13H12ClNO3. The molecule has 0 atom stereocenters. The van der Waals surface area contributed by atoms with Crippen LogP contribution in [0.1, 0.15) is 10.4 Å². The number of hydrogen-bond donors (Lipinski definition) is 0. The van der Waals surface area contributed by atoms with Gasteiger partial charge in [0, 0.05) is 12.4 Å². The van der Waals surface area contributed by atoms with Gasteiger partial charge in [-0.1, -0.05) is 12.2 Å². The van der Waals surface area contributed by atoms with Crippen LogP contribution in [0.2, 0.25) is 0 Å². The van der Waals surface area contributed by atoms with Gasteiger partial charge in [-0.3, -0.25) is 9.59 Å². The second-order valence-electron chi connectivity index (χ2n) is 3.75. The molecule has 5 heteroatoms. The van der Waals surface area contributed by atoms with E-state index in [2.05, 4.69) is 0 Å². The average molecular weight is 266 g/mol. The van der Waals surface area contributed by atoms with Crippen molar-refractivity contribution >= 4 is 29.0 Å². The van der Waals surface area contributed by atoms with E-state index in [-0.39, 0.29) is 0 Å². The lowest BCUT2D eigenvalue weighted by Crippen LogP contribution is -2.29. The molecule has 4 nitrogen and oxygen atoms in total. The predicted molar refractivity (Wildman–Crippen MR) is 69.5 cm³/mol. The third-order valence-electron chi connectivity index (χ3n) is 2.72. The van der Waals surface area contributed by atoms with Crippen LogP contribution < -0.4 is 9.64 Å². The Bertz CT molecular complexity index is 525. The normalized spacial score (nSPS) is 14.4. The molecule has 1 aromatic carbocycles. The molecule has 0 unspecified atom stereocenters. The van der Waals surface area contributed by atoms with Crippen molar-refractivity contribution in [1.29, 1.82) is 0 Å². The van der Waals surface area contributed by atoms with Crippen molar-refractivity contribution in [2.24, 2.45) is 0 Å². The van der Waals surface area contributed by atoms with Gasteiger partial charge in [0.05, 0.1) is 18.4 Å². The summed E-state index contributed by atoms with van der Waals surface area (Å²) in [4.78, 5) is 25.1. The van der Waals surface area contributed by atoms with E-state index in [4.69, 9.17) is 16.3 Å². The summed E-state index contributed by atoms with van der Waals surface area (Å²) in [6.45, 7) is 0.344. The molecule has 0 bridgehead atoms. The summed E-state index contributed by atoms with van der Waals surface area (Å²) in [6.07, 6.45) is 3.50. The minimum atomic E-state index is -0.516. The Kier molecular flexibility index (Phi) is 3.67. The van der Waals surface area contributed by atoms with E-state index < -0.39 is 11.7 Å². The molecule has 1 aromatic rings. The van der Waals surface area contributed by atoms with Crippen molar-refractivity contribution in [3.8, 4) is 5.75 Å². The Labute approximate surface area is 110 Å². The quantitative estimate of drug-likeness (QED) is 0.475. The number of nitrogens with zero attached hydrogens (tertiary/aromatic N) is 1. The number of Topliss-reactive ketones (excluding diaryl/α,β-unsaturated/α-hetero) is 1. The van der Waals surface area contributed by atoms with Crippen molar-refractivity contribution < 1.29 is 14.3 Å². The van der Waals surface area contributed by atoms with Gasteiger partial charge in [-0.05, 0) is 18.2 Å². The molecule has 0 spiro atoms. The van der Waals surface area contributed by atoms with Gasteiger partial charge in [-0.2, -0.15) is 0 Å². The Morgan fingerprint density at radius 2 is 2.11 bits per heavy atom. The molecular weight excluding hydrogens is 254 g/mol. The van der Waals surface area contributed by atoms with Crippen molar-refractivity contribution in [1.82, 2.24) is 0 Å². The molecule has 1 aliphatic heterocycles. The lowest BCUT2D eigenvalue weighted by molar-refractivity contribution is -0.114. The number of ether oxygens (including phenoxy) is 1. The number of carbonyl (C=O) groups excluding carboxylic acids is 2. The zero-order chi connectivity index (χ0) is 13.1. The maximum absolute atomic E-state index is 11.8. The van der Waals surface area contributed by atoms with E-state index in [0.29, 0.717) is 29.4 Å². The van der Waals surface area contributed by atoms with E-state index in [1.165, 1.54) is 12.0 Å². The predicted octanol–water partition coefficient (Wildman–Crippen LogP) is 2.02. The Balaban J connectivity index is 2.34. The second kappa shape index (κ2) is 5.23. The fraction of sp³-hybridized carbons (Fsp3) is 0.231. The van der Waals surface area contributed by atoms with Crippen LogP contribution >= 0.6 is 11.6 Å². The summed E-state index contributed by atoms with van der Waals surface area (Å²) < 4.78 is 5.04. The molecule has 18 heavy (non-hydrogen) atoms. The van der Waals surface area contributed by atoms with E-state index in [0.717, 1.165) is 0 Å². The van der Waals surface area contributed by atoms with Crippen LogP contribution in [-0.2, 0) is 4.79 Å². The fourth-order valence-corrected chi connectivity index (χ4v) is 1.96. The van der Waals surface area contributed by atoms with Gasteiger partial charge < -0.3 is 9.64 Å². The number of benzene rings is 1. The van der Waals surface area contributed by atoms with Gasteiger partial charge >= 0.3 is 0 Å². The van der Waals surface area contributed by atoms with Crippen LogP contribution in [0.4, 0.5) is 5.69 Å². The molecule has 0 N–H and O–H groups in total. The third-order valence-corrected chi connectivity index (χ3v) is 2.90. The van der Waals surface area contributed by atoms with E-state index in [1.807, 2.05) is 0 Å². The number of halogens is 1. The fourth-order valence-electron chi connectivity index (χ4n) is 1.83. The molecule has 0 saturated heterocycles.